The Morgan fingerprint density at radius 2 is 0.702 bits per heavy atom. The van der Waals surface area contributed by atoms with E-state index in [-0.39, 0.29) is 0 Å². The molecule has 0 saturated carbocycles. The first-order chi connectivity index (χ1) is 23.2. The predicted molar refractivity (Wildman–Crippen MR) is 207 cm³/mol. The summed E-state index contributed by atoms with van der Waals surface area (Å²) in [7, 11) is 0. The second-order valence-electron chi connectivity index (χ2n) is 14.2. The van der Waals surface area contributed by atoms with Crippen molar-refractivity contribution in [1.82, 2.24) is 0 Å². The molecule has 0 unspecified atom stereocenters. The molecule has 0 aromatic heterocycles. The van der Waals surface area contributed by atoms with Crippen LogP contribution in [0.4, 0.5) is 0 Å². The molecule has 0 aliphatic heterocycles. The van der Waals surface area contributed by atoms with E-state index >= 15 is 0 Å². The first kappa shape index (κ1) is 43.8. The molecule has 1 rings (SSSR count). The van der Waals surface area contributed by atoms with Gasteiger partial charge in [-0.3, -0.25) is 4.79 Å². The van der Waals surface area contributed by atoms with E-state index < -0.39 is 5.24 Å². The highest BCUT2D eigenvalue weighted by Crippen LogP contribution is 2.30. The minimum Gasteiger partial charge on any atom is -0.490 e. The van der Waals surface area contributed by atoms with Crippen molar-refractivity contribution in [2.24, 2.45) is 0 Å². The van der Waals surface area contributed by atoms with Crippen molar-refractivity contribution in [3.8, 4) is 11.5 Å². The van der Waals surface area contributed by atoms with E-state index in [0.717, 1.165) is 18.6 Å². The fourth-order valence-electron chi connectivity index (χ4n) is 6.53. The summed E-state index contributed by atoms with van der Waals surface area (Å²) in [6, 6.07) is 5.32. The maximum atomic E-state index is 11.7. The van der Waals surface area contributed by atoms with Crippen LogP contribution < -0.4 is 9.47 Å². The Morgan fingerprint density at radius 3 is 1.00 bits per heavy atom. The number of ether oxygens (including phenoxy) is 2. The van der Waals surface area contributed by atoms with Gasteiger partial charge < -0.3 is 9.47 Å². The molecule has 4 heteroatoms. The van der Waals surface area contributed by atoms with Crippen LogP contribution >= 0.6 is 11.6 Å². The standard InChI is InChI=1S/C43H77ClO3/c1-3-5-7-9-11-13-15-17-19-21-23-25-27-29-31-33-37-46-41-36-35-40(43(44)45)39-42(41)47-38-34-32-30-28-26-24-22-20-18-16-14-12-10-8-6-4-2/h35-36,39H,3-34,37-38H2,1-2H3. The van der Waals surface area contributed by atoms with Crippen molar-refractivity contribution in [1.29, 1.82) is 0 Å². The third-order valence-corrected chi connectivity index (χ3v) is 9.90. The first-order valence-electron chi connectivity index (χ1n) is 20.8. The van der Waals surface area contributed by atoms with E-state index in [4.69, 9.17) is 21.1 Å². The second kappa shape index (κ2) is 34.6. The number of hydrogen-bond donors (Lipinski definition) is 0. The molecule has 0 aliphatic carbocycles. The topological polar surface area (TPSA) is 35.5 Å². The molecule has 0 radical (unpaired) electrons. The summed E-state index contributed by atoms with van der Waals surface area (Å²) in [4.78, 5) is 11.7. The van der Waals surface area contributed by atoms with E-state index in [1.165, 1.54) is 193 Å². The maximum absolute atomic E-state index is 11.7. The van der Waals surface area contributed by atoms with E-state index in [0.29, 0.717) is 24.5 Å². The van der Waals surface area contributed by atoms with Crippen LogP contribution in [0.2, 0.25) is 0 Å². The molecule has 0 amide bonds. The zero-order valence-corrected chi connectivity index (χ0v) is 32.1. The third-order valence-electron chi connectivity index (χ3n) is 9.68. The average Bonchev–Trinajstić information content (AvgIpc) is 3.07. The van der Waals surface area contributed by atoms with Crippen LogP contribution in [-0.4, -0.2) is 18.5 Å². The lowest BCUT2D eigenvalue weighted by molar-refractivity contribution is 0.108. The Kier molecular flexibility index (Phi) is 32.3. The third kappa shape index (κ3) is 28.3. The van der Waals surface area contributed by atoms with Crippen molar-refractivity contribution in [3.63, 3.8) is 0 Å². The van der Waals surface area contributed by atoms with Gasteiger partial charge in [-0.25, -0.2) is 0 Å². The molecule has 0 N–H and O–H groups in total. The largest absolute Gasteiger partial charge is 0.490 e. The van der Waals surface area contributed by atoms with Gasteiger partial charge in [0.25, 0.3) is 5.24 Å². The quantitative estimate of drug-likeness (QED) is 0.0519. The summed E-state index contributed by atoms with van der Waals surface area (Å²) < 4.78 is 12.2. The number of rotatable bonds is 37. The lowest BCUT2D eigenvalue weighted by atomic mass is 10.0. The van der Waals surface area contributed by atoms with Gasteiger partial charge >= 0.3 is 0 Å². The van der Waals surface area contributed by atoms with Crippen LogP contribution in [0.1, 0.15) is 230 Å². The number of carbonyl (C=O) groups is 1. The zero-order chi connectivity index (χ0) is 33.9. The van der Waals surface area contributed by atoms with Gasteiger partial charge in [0.05, 0.1) is 13.2 Å². The summed E-state index contributed by atoms with van der Waals surface area (Å²) in [5.74, 6) is 1.37. The van der Waals surface area contributed by atoms with Crippen LogP contribution in [0.5, 0.6) is 11.5 Å². The van der Waals surface area contributed by atoms with Crippen molar-refractivity contribution in [2.75, 3.05) is 13.2 Å². The van der Waals surface area contributed by atoms with Crippen molar-refractivity contribution in [3.05, 3.63) is 23.8 Å². The molecule has 0 atom stereocenters. The summed E-state index contributed by atoms with van der Waals surface area (Å²) in [5.41, 5.74) is 0.461. The fraction of sp³-hybridized carbons (Fsp3) is 0.837. The number of carbonyl (C=O) groups excluding carboxylic acids is 1. The number of benzene rings is 1. The van der Waals surface area contributed by atoms with Crippen LogP contribution in [0, 0.1) is 0 Å². The first-order valence-corrected chi connectivity index (χ1v) is 21.2. The van der Waals surface area contributed by atoms with Crippen LogP contribution in [0.3, 0.4) is 0 Å². The molecule has 0 fully saturated rings. The molecule has 0 saturated heterocycles. The normalized spacial score (nSPS) is 11.3. The molecule has 0 heterocycles. The van der Waals surface area contributed by atoms with Crippen LogP contribution in [-0.2, 0) is 0 Å². The lowest BCUT2D eigenvalue weighted by Gasteiger charge is -2.14. The van der Waals surface area contributed by atoms with Gasteiger partial charge in [0.15, 0.2) is 11.5 Å². The highest BCUT2D eigenvalue weighted by atomic mass is 35.5. The summed E-state index contributed by atoms with van der Waals surface area (Å²) >= 11 is 5.75. The van der Waals surface area contributed by atoms with Crippen molar-refractivity contribution < 1.29 is 14.3 Å². The SMILES string of the molecule is CCCCCCCCCCCCCCCCCCOc1ccc(C(=O)Cl)cc1OCCCCCCCCCCCCCCCCCC. The van der Waals surface area contributed by atoms with Gasteiger partial charge in [0.2, 0.25) is 0 Å². The molecule has 47 heavy (non-hydrogen) atoms. The van der Waals surface area contributed by atoms with Gasteiger partial charge in [0.1, 0.15) is 0 Å². The van der Waals surface area contributed by atoms with E-state index in [9.17, 15) is 4.79 Å². The number of unbranched alkanes of at least 4 members (excludes halogenated alkanes) is 30. The molecule has 0 spiro atoms. The van der Waals surface area contributed by atoms with Crippen LogP contribution in [0.15, 0.2) is 18.2 Å². The van der Waals surface area contributed by atoms with Gasteiger partial charge in [-0.15, -0.1) is 0 Å². The number of halogens is 1. The fourth-order valence-corrected chi connectivity index (χ4v) is 6.64. The molecule has 0 bridgehead atoms. The second-order valence-corrected chi connectivity index (χ2v) is 14.6. The van der Waals surface area contributed by atoms with E-state index in [1.807, 2.05) is 6.07 Å². The Balaban J connectivity index is 2.04. The Labute approximate surface area is 298 Å². The van der Waals surface area contributed by atoms with E-state index in [2.05, 4.69) is 13.8 Å². The lowest BCUT2D eigenvalue weighted by Crippen LogP contribution is -2.04. The molecular formula is C43H77ClO3. The molecule has 3 nitrogen and oxygen atoms in total. The molecule has 1 aromatic carbocycles. The predicted octanol–water partition coefficient (Wildman–Crippen LogP) is 15.3. The summed E-state index contributed by atoms with van der Waals surface area (Å²) in [5, 5.41) is -0.457. The Hall–Kier alpha value is -1.22. The highest BCUT2D eigenvalue weighted by Gasteiger charge is 2.11. The van der Waals surface area contributed by atoms with Crippen molar-refractivity contribution in [2.45, 2.75) is 219 Å². The smallest absolute Gasteiger partial charge is 0.252 e. The molecule has 1 aromatic rings. The summed E-state index contributed by atoms with van der Waals surface area (Å²) in [6.07, 6.45) is 43.5. The number of hydrogen-bond acceptors (Lipinski definition) is 3. The molecule has 0 aliphatic rings. The minimum atomic E-state index is -0.457. The van der Waals surface area contributed by atoms with Gasteiger partial charge in [-0.1, -0.05) is 206 Å². The van der Waals surface area contributed by atoms with Crippen molar-refractivity contribution >= 4 is 16.8 Å². The average molecular weight is 678 g/mol. The van der Waals surface area contributed by atoms with Gasteiger partial charge in [0, 0.05) is 5.56 Å². The zero-order valence-electron chi connectivity index (χ0n) is 31.4. The Morgan fingerprint density at radius 1 is 0.426 bits per heavy atom. The van der Waals surface area contributed by atoms with Gasteiger partial charge in [-0.2, -0.15) is 0 Å². The monoisotopic (exact) mass is 677 g/mol. The van der Waals surface area contributed by atoms with Crippen LogP contribution in [0.25, 0.3) is 0 Å². The van der Waals surface area contributed by atoms with Gasteiger partial charge in [-0.05, 0) is 42.6 Å². The highest BCUT2D eigenvalue weighted by molar-refractivity contribution is 6.67. The molecular weight excluding hydrogens is 600 g/mol. The Bertz CT molecular complexity index is 810. The molecule has 274 valence electrons. The minimum absolute atomic E-state index is 0.457. The maximum Gasteiger partial charge on any atom is 0.252 e. The van der Waals surface area contributed by atoms with E-state index in [1.54, 1.807) is 12.1 Å². The summed E-state index contributed by atoms with van der Waals surface area (Å²) in [6.45, 7) is 5.91.